The number of carbonyl (C=O) groups is 2. The monoisotopic (exact) mass is 443 g/mol. The summed E-state index contributed by atoms with van der Waals surface area (Å²) in [6.07, 6.45) is 2.54. The van der Waals surface area contributed by atoms with E-state index in [-0.39, 0.29) is 11.8 Å². The second kappa shape index (κ2) is 9.34. The van der Waals surface area contributed by atoms with E-state index in [9.17, 15) is 9.59 Å². The number of para-hydroxylation sites is 1. The molecule has 0 saturated heterocycles. The fourth-order valence-corrected chi connectivity index (χ4v) is 3.64. The highest BCUT2D eigenvalue weighted by Gasteiger charge is 2.30. The minimum absolute atomic E-state index is 0.0308. The smallest absolute Gasteiger partial charge is 0.238 e. The van der Waals surface area contributed by atoms with Gasteiger partial charge < -0.3 is 10.6 Å². The molecule has 0 aromatic heterocycles. The summed E-state index contributed by atoms with van der Waals surface area (Å²) in [6, 6.07) is 13.9. The van der Waals surface area contributed by atoms with Gasteiger partial charge in [0.05, 0.1) is 6.54 Å². The van der Waals surface area contributed by atoms with Crippen LogP contribution in [-0.4, -0.2) is 35.8 Å². The zero-order valence-corrected chi connectivity index (χ0v) is 17.9. The van der Waals surface area contributed by atoms with Crippen LogP contribution in [0.15, 0.2) is 46.9 Å². The Kier molecular flexibility index (Phi) is 6.86. The van der Waals surface area contributed by atoms with Crippen LogP contribution in [0.3, 0.4) is 0 Å². The topological polar surface area (TPSA) is 61.4 Å². The second-order valence-electron chi connectivity index (χ2n) is 7.33. The van der Waals surface area contributed by atoms with Crippen LogP contribution in [0, 0.1) is 13.8 Å². The molecule has 0 unspecified atom stereocenters. The first kappa shape index (κ1) is 20.6. The molecular weight excluding hydrogens is 418 g/mol. The lowest BCUT2D eigenvalue weighted by atomic mass is 10.1. The third-order valence-corrected chi connectivity index (χ3v) is 5.38. The largest absolute Gasteiger partial charge is 0.326 e. The molecular formula is C22H26BrN3O2. The first-order valence-corrected chi connectivity index (χ1v) is 10.4. The van der Waals surface area contributed by atoms with Crippen molar-refractivity contribution >= 4 is 39.1 Å². The van der Waals surface area contributed by atoms with Gasteiger partial charge in [0.2, 0.25) is 11.8 Å². The summed E-state index contributed by atoms with van der Waals surface area (Å²) in [7, 11) is 0. The van der Waals surface area contributed by atoms with Crippen molar-refractivity contribution < 1.29 is 9.59 Å². The van der Waals surface area contributed by atoms with E-state index >= 15 is 0 Å². The van der Waals surface area contributed by atoms with Crippen molar-refractivity contribution in [1.82, 2.24) is 4.90 Å². The van der Waals surface area contributed by atoms with Crippen LogP contribution in [0.2, 0.25) is 0 Å². The summed E-state index contributed by atoms with van der Waals surface area (Å²) in [5, 5.41) is 5.95. The van der Waals surface area contributed by atoms with Crippen molar-refractivity contribution in [2.24, 2.45) is 0 Å². The van der Waals surface area contributed by atoms with Gasteiger partial charge in [-0.25, -0.2) is 0 Å². The molecule has 0 bridgehead atoms. The Hall–Kier alpha value is -2.18. The first-order valence-electron chi connectivity index (χ1n) is 9.58. The van der Waals surface area contributed by atoms with Crippen LogP contribution in [-0.2, 0) is 9.59 Å². The minimum Gasteiger partial charge on any atom is -0.326 e. The Morgan fingerprint density at radius 2 is 1.71 bits per heavy atom. The molecule has 1 fully saturated rings. The van der Waals surface area contributed by atoms with Gasteiger partial charge in [-0.15, -0.1) is 0 Å². The number of carbonyl (C=O) groups excluding carboxylic acids is 2. The highest BCUT2D eigenvalue weighted by molar-refractivity contribution is 9.10. The van der Waals surface area contributed by atoms with E-state index in [2.05, 4.69) is 31.5 Å². The van der Waals surface area contributed by atoms with Gasteiger partial charge in [-0.2, -0.15) is 0 Å². The van der Waals surface area contributed by atoms with Crippen molar-refractivity contribution in [3.8, 4) is 0 Å². The van der Waals surface area contributed by atoms with Crippen molar-refractivity contribution in [3.63, 3.8) is 0 Å². The third kappa shape index (κ3) is 5.91. The molecule has 3 rings (SSSR count). The molecule has 5 nitrogen and oxygen atoms in total. The zero-order valence-electron chi connectivity index (χ0n) is 16.3. The predicted octanol–water partition coefficient (Wildman–Crippen LogP) is 4.50. The molecule has 1 aliphatic rings. The van der Waals surface area contributed by atoms with Crippen LogP contribution in [0.4, 0.5) is 11.4 Å². The van der Waals surface area contributed by atoms with E-state index in [1.54, 1.807) is 0 Å². The average molecular weight is 444 g/mol. The Morgan fingerprint density at radius 3 is 2.36 bits per heavy atom. The molecule has 2 aromatic rings. The molecule has 1 saturated carbocycles. The standard InChI is InChI=1S/C22H26BrN3O2/c1-15-5-3-6-16(2)22(15)25-21(28)14-26(19-9-10-19)12-11-20(27)24-18-8-4-7-17(23)13-18/h3-8,13,19H,9-12,14H2,1-2H3,(H,24,27)(H,25,28). The lowest BCUT2D eigenvalue weighted by Gasteiger charge is -2.22. The van der Waals surface area contributed by atoms with Crippen molar-refractivity contribution in [2.75, 3.05) is 23.7 Å². The van der Waals surface area contributed by atoms with Gasteiger partial charge in [-0.05, 0) is 56.0 Å². The molecule has 2 amide bonds. The number of nitrogens with zero attached hydrogens (tertiary/aromatic N) is 1. The number of anilines is 2. The van der Waals surface area contributed by atoms with Crippen LogP contribution in [0.25, 0.3) is 0 Å². The van der Waals surface area contributed by atoms with E-state index in [0.29, 0.717) is 25.6 Å². The Balaban J connectivity index is 1.52. The summed E-state index contributed by atoms with van der Waals surface area (Å²) < 4.78 is 0.924. The van der Waals surface area contributed by atoms with Gasteiger partial charge in [0, 0.05) is 34.9 Å². The van der Waals surface area contributed by atoms with Gasteiger partial charge in [-0.1, -0.05) is 40.2 Å². The SMILES string of the molecule is Cc1cccc(C)c1NC(=O)CN(CCC(=O)Nc1cccc(Br)c1)C1CC1. The number of halogens is 1. The fraction of sp³-hybridized carbons (Fsp3) is 0.364. The first-order chi connectivity index (χ1) is 13.4. The highest BCUT2D eigenvalue weighted by Crippen LogP contribution is 2.27. The number of rotatable bonds is 8. The van der Waals surface area contributed by atoms with E-state index in [4.69, 9.17) is 0 Å². The maximum absolute atomic E-state index is 12.6. The van der Waals surface area contributed by atoms with Gasteiger partial charge in [0.25, 0.3) is 0 Å². The fourth-order valence-electron chi connectivity index (χ4n) is 3.24. The van der Waals surface area contributed by atoms with E-state index < -0.39 is 0 Å². The third-order valence-electron chi connectivity index (χ3n) is 4.89. The van der Waals surface area contributed by atoms with Gasteiger partial charge >= 0.3 is 0 Å². The minimum atomic E-state index is -0.0427. The van der Waals surface area contributed by atoms with Crippen molar-refractivity contribution in [1.29, 1.82) is 0 Å². The molecule has 0 atom stereocenters. The van der Waals surface area contributed by atoms with Crippen LogP contribution >= 0.6 is 15.9 Å². The number of hydrogen-bond acceptors (Lipinski definition) is 3. The van der Waals surface area contributed by atoms with Gasteiger partial charge in [0.1, 0.15) is 0 Å². The quantitative estimate of drug-likeness (QED) is 0.631. The van der Waals surface area contributed by atoms with Crippen molar-refractivity contribution in [2.45, 2.75) is 39.2 Å². The number of hydrogen-bond donors (Lipinski definition) is 2. The molecule has 148 valence electrons. The highest BCUT2D eigenvalue weighted by atomic mass is 79.9. The second-order valence-corrected chi connectivity index (χ2v) is 8.24. The van der Waals surface area contributed by atoms with Gasteiger partial charge in [-0.3, -0.25) is 14.5 Å². The van der Waals surface area contributed by atoms with Crippen LogP contribution in [0.5, 0.6) is 0 Å². The lowest BCUT2D eigenvalue weighted by Crippen LogP contribution is -2.37. The average Bonchev–Trinajstić information content (AvgIpc) is 3.47. The van der Waals surface area contributed by atoms with Gasteiger partial charge in [0.15, 0.2) is 0 Å². The molecule has 28 heavy (non-hydrogen) atoms. The van der Waals surface area contributed by atoms with E-state index in [1.807, 2.05) is 56.3 Å². The van der Waals surface area contributed by atoms with Crippen molar-refractivity contribution in [3.05, 3.63) is 58.1 Å². The number of nitrogens with one attached hydrogen (secondary N) is 2. The van der Waals surface area contributed by atoms with E-state index in [0.717, 1.165) is 39.8 Å². The Bertz CT molecular complexity index is 844. The summed E-state index contributed by atoms with van der Waals surface area (Å²) in [6.45, 7) is 4.87. The van der Waals surface area contributed by atoms with E-state index in [1.165, 1.54) is 0 Å². The molecule has 2 N–H and O–H groups in total. The maximum Gasteiger partial charge on any atom is 0.238 e. The molecule has 0 radical (unpaired) electrons. The Morgan fingerprint density at radius 1 is 1.04 bits per heavy atom. The molecule has 0 heterocycles. The normalized spacial score (nSPS) is 13.4. The maximum atomic E-state index is 12.6. The molecule has 1 aliphatic carbocycles. The summed E-state index contributed by atoms with van der Waals surface area (Å²) >= 11 is 3.40. The molecule has 2 aromatic carbocycles. The predicted molar refractivity (Wildman–Crippen MR) is 117 cm³/mol. The summed E-state index contributed by atoms with van der Waals surface area (Å²) in [5.41, 5.74) is 3.76. The molecule has 6 heteroatoms. The number of aryl methyl sites for hydroxylation is 2. The molecule has 0 spiro atoms. The summed E-state index contributed by atoms with van der Waals surface area (Å²) in [4.78, 5) is 27.0. The molecule has 0 aliphatic heterocycles. The number of benzene rings is 2. The lowest BCUT2D eigenvalue weighted by molar-refractivity contribution is -0.119. The Labute approximate surface area is 174 Å². The zero-order chi connectivity index (χ0) is 20.1. The van der Waals surface area contributed by atoms with Crippen LogP contribution in [0.1, 0.15) is 30.4 Å². The summed E-state index contributed by atoms with van der Waals surface area (Å²) in [5.74, 6) is -0.0735. The number of amides is 2. The van der Waals surface area contributed by atoms with Crippen LogP contribution < -0.4 is 10.6 Å².